The zero-order chi connectivity index (χ0) is 25.9. The molecule has 0 spiro atoms. The van der Waals surface area contributed by atoms with Gasteiger partial charge in [0, 0.05) is 38.3 Å². The first-order chi connectivity index (χ1) is 18.0. The van der Waals surface area contributed by atoms with Crippen LogP contribution in [0.2, 0.25) is 0 Å². The van der Waals surface area contributed by atoms with Crippen molar-refractivity contribution in [2.45, 2.75) is 18.9 Å². The molecule has 5 rings (SSSR count). The number of para-hydroxylation sites is 1. The normalized spacial score (nSPS) is 20.2. The lowest BCUT2D eigenvalue weighted by Gasteiger charge is -2.44. The predicted octanol–water partition coefficient (Wildman–Crippen LogP) is 4.81. The SMILES string of the molecule is COc1ccc(N2C(=O)CC[C@H](C(=O)N3CCN(c4ccccc4F)CC3)[C@H]2c2ccc(F)cc2)cc1. The fourth-order valence-electron chi connectivity index (χ4n) is 5.35. The highest BCUT2D eigenvalue weighted by Gasteiger charge is 2.43. The lowest BCUT2D eigenvalue weighted by Crippen LogP contribution is -2.54. The number of carbonyl (C=O) groups excluding carboxylic acids is 2. The molecule has 2 atom stereocenters. The molecule has 3 aromatic rings. The maximum atomic E-state index is 14.3. The van der Waals surface area contributed by atoms with E-state index < -0.39 is 12.0 Å². The van der Waals surface area contributed by atoms with E-state index in [1.54, 1.807) is 71.5 Å². The Balaban J connectivity index is 1.42. The first-order valence-corrected chi connectivity index (χ1v) is 12.5. The number of nitrogens with zero attached hydrogens (tertiary/aromatic N) is 3. The lowest BCUT2D eigenvalue weighted by molar-refractivity contribution is -0.138. The molecule has 2 fully saturated rings. The van der Waals surface area contributed by atoms with Crippen molar-refractivity contribution in [1.82, 2.24) is 4.90 Å². The molecule has 0 aromatic heterocycles. The summed E-state index contributed by atoms with van der Waals surface area (Å²) in [4.78, 5) is 32.5. The molecule has 2 heterocycles. The Hall–Kier alpha value is -3.94. The number of piperidine rings is 1. The van der Waals surface area contributed by atoms with Gasteiger partial charge in [0.05, 0.1) is 24.8 Å². The van der Waals surface area contributed by atoms with E-state index >= 15 is 0 Å². The van der Waals surface area contributed by atoms with Crippen molar-refractivity contribution in [2.24, 2.45) is 5.92 Å². The molecular formula is C29H29F2N3O3. The number of piperazine rings is 1. The largest absolute Gasteiger partial charge is 0.497 e. The number of benzene rings is 3. The molecule has 37 heavy (non-hydrogen) atoms. The Morgan fingerprint density at radius 3 is 2.22 bits per heavy atom. The number of amides is 2. The van der Waals surface area contributed by atoms with Gasteiger partial charge in [-0.25, -0.2) is 8.78 Å². The fourth-order valence-corrected chi connectivity index (χ4v) is 5.35. The average molecular weight is 506 g/mol. The van der Waals surface area contributed by atoms with Crippen LogP contribution in [0, 0.1) is 17.6 Å². The molecule has 2 amide bonds. The summed E-state index contributed by atoms with van der Waals surface area (Å²) in [6.45, 7) is 1.94. The average Bonchev–Trinajstić information content (AvgIpc) is 2.93. The third-order valence-electron chi connectivity index (χ3n) is 7.26. The highest BCUT2D eigenvalue weighted by molar-refractivity contribution is 5.97. The summed E-state index contributed by atoms with van der Waals surface area (Å²) in [5.74, 6) is -0.632. The fraction of sp³-hybridized carbons (Fsp3) is 0.310. The summed E-state index contributed by atoms with van der Waals surface area (Å²) in [6.07, 6.45) is 0.634. The van der Waals surface area contributed by atoms with Crippen molar-refractivity contribution in [3.05, 3.63) is 90.0 Å². The topological polar surface area (TPSA) is 53.1 Å². The van der Waals surface area contributed by atoms with E-state index in [1.165, 1.54) is 18.2 Å². The minimum atomic E-state index is -0.577. The zero-order valence-electron chi connectivity index (χ0n) is 20.6. The third kappa shape index (κ3) is 5.01. The molecule has 3 aromatic carbocycles. The van der Waals surface area contributed by atoms with Gasteiger partial charge in [0.1, 0.15) is 17.4 Å². The second-order valence-electron chi connectivity index (χ2n) is 9.37. The smallest absolute Gasteiger partial charge is 0.228 e. The number of methoxy groups -OCH3 is 1. The number of hydrogen-bond acceptors (Lipinski definition) is 4. The van der Waals surface area contributed by atoms with Crippen molar-refractivity contribution < 1.29 is 23.1 Å². The van der Waals surface area contributed by atoms with Crippen LogP contribution in [0.5, 0.6) is 5.75 Å². The third-order valence-corrected chi connectivity index (χ3v) is 7.26. The van der Waals surface area contributed by atoms with E-state index in [1.807, 2.05) is 4.90 Å². The summed E-state index contributed by atoms with van der Waals surface area (Å²) in [5.41, 5.74) is 1.89. The maximum absolute atomic E-state index is 14.3. The van der Waals surface area contributed by atoms with Crippen molar-refractivity contribution in [1.29, 1.82) is 0 Å². The number of ether oxygens (including phenoxy) is 1. The molecule has 0 bridgehead atoms. The highest BCUT2D eigenvalue weighted by atomic mass is 19.1. The quantitative estimate of drug-likeness (QED) is 0.500. The highest BCUT2D eigenvalue weighted by Crippen LogP contribution is 2.41. The minimum absolute atomic E-state index is 0.0477. The summed E-state index contributed by atoms with van der Waals surface area (Å²) >= 11 is 0. The summed E-state index contributed by atoms with van der Waals surface area (Å²) in [7, 11) is 1.57. The molecule has 2 aliphatic heterocycles. The van der Waals surface area contributed by atoms with Crippen LogP contribution in [0.3, 0.4) is 0 Å². The number of carbonyl (C=O) groups is 2. The molecule has 0 radical (unpaired) electrons. The van der Waals surface area contributed by atoms with Gasteiger partial charge in [-0.2, -0.15) is 0 Å². The van der Waals surface area contributed by atoms with E-state index in [0.29, 0.717) is 55.3 Å². The van der Waals surface area contributed by atoms with Crippen molar-refractivity contribution in [3.63, 3.8) is 0 Å². The van der Waals surface area contributed by atoms with E-state index in [4.69, 9.17) is 4.74 Å². The predicted molar refractivity (Wildman–Crippen MR) is 138 cm³/mol. The standard InChI is InChI=1S/C29H29F2N3O3/c1-37-23-12-10-22(11-13-23)34-27(35)15-14-24(28(34)20-6-8-21(30)9-7-20)29(36)33-18-16-32(17-19-33)26-5-3-2-4-25(26)31/h2-13,24,28H,14-19H2,1H3/t24-,28+/m0/s1. The molecule has 2 saturated heterocycles. The lowest BCUT2D eigenvalue weighted by atomic mass is 9.82. The van der Waals surface area contributed by atoms with Crippen LogP contribution in [0.4, 0.5) is 20.2 Å². The first kappa shape index (κ1) is 24.7. The van der Waals surface area contributed by atoms with Crippen LogP contribution in [0.15, 0.2) is 72.8 Å². The Bertz CT molecular complexity index is 1260. The molecule has 0 unspecified atom stereocenters. The van der Waals surface area contributed by atoms with E-state index in [0.717, 1.165) is 0 Å². The van der Waals surface area contributed by atoms with Gasteiger partial charge >= 0.3 is 0 Å². The van der Waals surface area contributed by atoms with Gasteiger partial charge in [0.2, 0.25) is 11.8 Å². The molecule has 8 heteroatoms. The van der Waals surface area contributed by atoms with Crippen LogP contribution in [0.25, 0.3) is 0 Å². The van der Waals surface area contributed by atoms with E-state index in [9.17, 15) is 18.4 Å². The van der Waals surface area contributed by atoms with Gasteiger partial charge in [-0.1, -0.05) is 24.3 Å². The molecule has 2 aliphatic rings. The van der Waals surface area contributed by atoms with Gasteiger partial charge < -0.3 is 19.4 Å². The van der Waals surface area contributed by atoms with Gasteiger partial charge in [-0.15, -0.1) is 0 Å². The zero-order valence-corrected chi connectivity index (χ0v) is 20.6. The van der Waals surface area contributed by atoms with Crippen LogP contribution in [-0.4, -0.2) is 50.0 Å². The summed E-state index contributed by atoms with van der Waals surface area (Å²) in [6, 6.07) is 19.2. The second kappa shape index (κ2) is 10.6. The molecule has 192 valence electrons. The van der Waals surface area contributed by atoms with Crippen LogP contribution >= 0.6 is 0 Å². The maximum Gasteiger partial charge on any atom is 0.228 e. The second-order valence-corrected chi connectivity index (χ2v) is 9.37. The van der Waals surface area contributed by atoms with Gasteiger partial charge in [-0.05, 0) is 60.5 Å². The Labute approximate surface area is 215 Å². The molecule has 0 saturated carbocycles. The van der Waals surface area contributed by atoms with Crippen molar-refractivity contribution >= 4 is 23.2 Å². The molecular weight excluding hydrogens is 476 g/mol. The molecule has 0 N–H and O–H groups in total. The Morgan fingerprint density at radius 2 is 1.57 bits per heavy atom. The number of hydrogen-bond donors (Lipinski definition) is 0. The Morgan fingerprint density at radius 1 is 0.892 bits per heavy atom. The number of anilines is 2. The molecule has 6 nitrogen and oxygen atoms in total. The van der Waals surface area contributed by atoms with Crippen LogP contribution in [-0.2, 0) is 9.59 Å². The van der Waals surface area contributed by atoms with Gasteiger partial charge in [0.25, 0.3) is 0 Å². The molecule has 0 aliphatic carbocycles. The Kier molecular flexibility index (Phi) is 7.08. The number of halogens is 2. The van der Waals surface area contributed by atoms with Gasteiger partial charge in [0.15, 0.2) is 0 Å². The monoisotopic (exact) mass is 505 g/mol. The summed E-state index contributed by atoms with van der Waals surface area (Å²) < 4.78 is 33.3. The van der Waals surface area contributed by atoms with E-state index in [-0.39, 0.29) is 29.9 Å². The van der Waals surface area contributed by atoms with Crippen molar-refractivity contribution in [2.75, 3.05) is 43.1 Å². The first-order valence-electron chi connectivity index (χ1n) is 12.5. The summed E-state index contributed by atoms with van der Waals surface area (Å²) in [5, 5.41) is 0. The van der Waals surface area contributed by atoms with Gasteiger partial charge in [-0.3, -0.25) is 9.59 Å². The number of rotatable bonds is 5. The minimum Gasteiger partial charge on any atom is -0.497 e. The van der Waals surface area contributed by atoms with Crippen LogP contribution < -0.4 is 14.5 Å². The van der Waals surface area contributed by atoms with E-state index in [2.05, 4.69) is 0 Å². The van der Waals surface area contributed by atoms with Crippen molar-refractivity contribution in [3.8, 4) is 5.75 Å². The van der Waals surface area contributed by atoms with Crippen LogP contribution in [0.1, 0.15) is 24.4 Å².